The van der Waals surface area contributed by atoms with E-state index in [4.69, 9.17) is 4.52 Å². The molecule has 186 valence electrons. The number of carbonyl (C=O) groups is 1. The molecule has 2 N–H and O–H groups in total. The molecule has 0 bridgehead atoms. The van der Waals surface area contributed by atoms with Crippen LogP contribution in [-0.4, -0.2) is 37.0 Å². The molecule has 1 saturated carbocycles. The van der Waals surface area contributed by atoms with Crippen molar-refractivity contribution in [3.8, 4) is 11.1 Å². The van der Waals surface area contributed by atoms with E-state index in [1.807, 2.05) is 0 Å². The molecule has 0 spiro atoms. The predicted octanol–water partition coefficient (Wildman–Crippen LogP) is 4.52. The summed E-state index contributed by atoms with van der Waals surface area (Å²) in [6.07, 6.45) is -0.300. The van der Waals surface area contributed by atoms with Crippen LogP contribution in [0.5, 0.6) is 0 Å². The number of amides is 1. The summed E-state index contributed by atoms with van der Waals surface area (Å²) in [6.45, 7) is 0. The molecule has 0 aliphatic heterocycles. The molecule has 4 aromatic rings. The lowest BCUT2D eigenvalue weighted by Crippen LogP contribution is -2.28. The van der Waals surface area contributed by atoms with Crippen molar-refractivity contribution in [1.29, 1.82) is 0 Å². The van der Waals surface area contributed by atoms with Gasteiger partial charge in [0.05, 0.1) is 12.6 Å². The van der Waals surface area contributed by atoms with Gasteiger partial charge in [0.25, 0.3) is 0 Å². The fourth-order valence-electron chi connectivity index (χ4n) is 3.74. The molecule has 3 aromatic heterocycles. The van der Waals surface area contributed by atoms with Crippen LogP contribution in [0.15, 0.2) is 53.4 Å². The SMILES string of the molecule is Cn1nccc1Nc1ncc(-c2ccc(CC(=O)Nc3cc(C4(C(F)(F)F)CC4)on3)c(F)c2)cn1. The van der Waals surface area contributed by atoms with Gasteiger partial charge in [-0.2, -0.15) is 18.3 Å². The second kappa shape index (κ2) is 8.73. The summed E-state index contributed by atoms with van der Waals surface area (Å²) < 4.78 is 60.8. The summed E-state index contributed by atoms with van der Waals surface area (Å²) in [5.41, 5.74) is -0.869. The molecule has 1 fully saturated rings. The molecule has 9 nitrogen and oxygen atoms in total. The van der Waals surface area contributed by atoms with E-state index in [0.29, 0.717) is 22.9 Å². The maximum atomic E-state index is 14.7. The van der Waals surface area contributed by atoms with Crippen LogP contribution >= 0.6 is 0 Å². The van der Waals surface area contributed by atoms with Gasteiger partial charge in [-0.1, -0.05) is 17.3 Å². The third kappa shape index (κ3) is 4.51. The number of anilines is 3. The lowest BCUT2D eigenvalue weighted by atomic mass is 10.0. The highest BCUT2D eigenvalue weighted by Crippen LogP contribution is 2.59. The first kappa shape index (κ1) is 23.5. The third-order valence-corrected chi connectivity index (χ3v) is 5.99. The third-order valence-electron chi connectivity index (χ3n) is 5.99. The van der Waals surface area contributed by atoms with Gasteiger partial charge in [0.1, 0.15) is 17.1 Å². The number of rotatable bonds is 7. The van der Waals surface area contributed by atoms with Gasteiger partial charge in [-0.3, -0.25) is 9.48 Å². The highest BCUT2D eigenvalue weighted by atomic mass is 19.4. The number of hydrogen-bond donors (Lipinski definition) is 2. The smallest absolute Gasteiger partial charge is 0.358 e. The van der Waals surface area contributed by atoms with E-state index in [0.717, 1.165) is 6.07 Å². The monoisotopic (exact) mass is 501 g/mol. The highest BCUT2D eigenvalue weighted by Gasteiger charge is 2.66. The minimum absolute atomic E-state index is 0.0920. The summed E-state index contributed by atoms with van der Waals surface area (Å²) in [7, 11) is 1.77. The highest BCUT2D eigenvalue weighted by molar-refractivity contribution is 5.91. The Labute approximate surface area is 201 Å². The van der Waals surface area contributed by atoms with Crippen LogP contribution in [0.3, 0.4) is 0 Å². The fourth-order valence-corrected chi connectivity index (χ4v) is 3.74. The molecule has 1 aliphatic carbocycles. The molecule has 1 aliphatic rings. The first-order chi connectivity index (χ1) is 17.1. The van der Waals surface area contributed by atoms with Crippen LogP contribution in [0, 0.1) is 5.82 Å². The minimum Gasteiger partial charge on any atom is -0.358 e. The summed E-state index contributed by atoms with van der Waals surface area (Å²) >= 11 is 0. The van der Waals surface area contributed by atoms with Crippen molar-refractivity contribution >= 4 is 23.5 Å². The van der Waals surface area contributed by atoms with Gasteiger partial charge in [-0.15, -0.1) is 0 Å². The van der Waals surface area contributed by atoms with Crippen LogP contribution in [0.25, 0.3) is 11.1 Å². The first-order valence-corrected chi connectivity index (χ1v) is 10.8. The number of hydrogen-bond acceptors (Lipinski definition) is 7. The summed E-state index contributed by atoms with van der Waals surface area (Å²) in [5, 5.41) is 12.9. The first-order valence-electron chi connectivity index (χ1n) is 10.8. The molecule has 0 saturated heterocycles. The zero-order valence-electron chi connectivity index (χ0n) is 18.8. The van der Waals surface area contributed by atoms with Crippen molar-refractivity contribution in [2.24, 2.45) is 7.05 Å². The van der Waals surface area contributed by atoms with Crippen molar-refractivity contribution in [2.75, 3.05) is 10.6 Å². The molecule has 1 aromatic carbocycles. The Balaban J connectivity index is 1.22. The van der Waals surface area contributed by atoms with Crippen molar-refractivity contribution in [2.45, 2.75) is 30.9 Å². The van der Waals surface area contributed by atoms with E-state index in [2.05, 4.69) is 30.9 Å². The second-order valence-electron chi connectivity index (χ2n) is 8.45. The van der Waals surface area contributed by atoms with E-state index in [-0.39, 0.29) is 36.4 Å². The second-order valence-corrected chi connectivity index (χ2v) is 8.45. The number of nitrogens with one attached hydrogen (secondary N) is 2. The molecule has 5 rings (SSSR count). The Kier molecular flexibility index (Phi) is 5.69. The lowest BCUT2D eigenvalue weighted by molar-refractivity contribution is -0.165. The Morgan fingerprint density at radius 3 is 2.50 bits per heavy atom. The van der Waals surface area contributed by atoms with Crippen molar-refractivity contribution in [1.82, 2.24) is 24.9 Å². The normalized spacial score (nSPS) is 14.5. The van der Waals surface area contributed by atoms with Crippen molar-refractivity contribution in [3.05, 3.63) is 66.1 Å². The molecule has 36 heavy (non-hydrogen) atoms. The minimum atomic E-state index is -4.46. The zero-order valence-corrected chi connectivity index (χ0v) is 18.8. The number of carbonyl (C=O) groups excluding carboxylic acids is 1. The fraction of sp³-hybridized carbons (Fsp3) is 0.261. The maximum Gasteiger partial charge on any atom is 0.401 e. The van der Waals surface area contributed by atoms with Gasteiger partial charge in [-0.25, -0.2) is 14.4 Å². The zero-order chi connectivity index (χ0) is 25.5. The Morgan fingerprint density at radius 2 is 1.89 bits per heavy atom. The molecule has 0 radical (unpaired) electrons. The topological polar surface area (TPSA) is 111 Å². The summed E-state index contributed by atoms with van der Waals surface area (Å²) in [5.74, 6) is -0.730. The number of nitrogens with zero attached hydrogens (tertiary/aromatic N) is 5. The van der Waals surface area contributed by atoms with Gasteiger partial charge in [-0.05, 0) is 30.0 Å². The Hall–Kier alpha value is -4.29. The van der Waals surface area contributed by atoms with Crippen LogP contribution in [0.1, 0.15) is 24.2 Å². The number of benzene rings is 1. The van der Waals surface area contributed by atoms with Gasteiger partial charge in [0.15, 0.2) is 11.6 Å². The maximum absolute atomic E-state index is 14.7. The van der Waals surface area contributed by atoms with E-state index in [9.17, 15) is 22.4 Å². The van der Waals surface area contributed by atoms with Gasteiger partial charge in [0, 0.05) is 37.1 Å². The molecule has 13 heteroatoms. The van der Waals surface area contributed by atoms with Crippen LogP contribution in [0.4, 0.5) is 35.1 Å². The van der Waals surface area contributed by atoms with Crippen LogP contribution in [-0.2, 0) is 23.7 Å². The predicted molar refractivity (Wildman–Crippen MR) is 120 cm³/mol. The van der Waals surface area contributed by atoms with E-state index in [1.165, 1.54) is 24.5 Å². The molecular formula is C23H19F4N7O2. The molecule has 0 atom stereocenters. The van der Waals surface area contributed by atoms with E-state index >= 15 is 0 Å². The van der Waals surface area contributed by atoms with E-state index < -0.39 is 23.3 Å². The molecule has 1 amide bonds. The molecular weight excluding hydrogens is 482 g/mol. The van der Waals surface area contributed by atoms with Crippen LogP contribution < -0.4 is 10.6 Å². The van der Waals surface area contributed by atoms with Gasteiger partial charge < -0.3 is 15.2 Å². The molecule has 0 unspecified atom stereocenters. The van der Waals surface area contributed by atoms with Crippen molar-refractivity contribution < 1.29 is 26.9 Å². The summed E-state index contributed by atoms with van der Waals surface area (Å²) in [4.78, 5) is 20.8. The van der Waals surface area contributed by atoms with Crippen molar-refractivity contribution in [3.63, 3.8) is 0 Å². The van der Waals surface area contributed by atoms with Gasteiger partial charge in [0.2, 0.25) is 11.9 Å². The summed E-state index contributed by atoms with van der Waals surface area (Å²) in [6, 6.07) is 7.14. The Bertz CT molecular complexity index is 1410. The lowest BCUT2D eigenvalue weighted by Gasteiger charge is -2.14. The largest absolute Gasteiger partial charge is 0.401 e. The molecule has 3 heterocycles. The standard InChI is InChI=1S/C23H19F4N7O2/c1-34-19(4-7-30-34)32-21-28-11-15(12-29-21)13-2-3-14(16(24)8-13)9-20(35)31-18-10-17(36-33-18)22(5-6-22)23(25,26)27/h2-4,7-8,10-12H,5-6,9H2,1H3,(H,28,29,32)(H,31,33,35). The van der Waals surface area contributed by atoms with Crippen LogP contribution in [0.2, 0.25) is 0 Å². The number of aryl methyl sites for hydroxylation is 1. The average Bonchev–Trinajstić information content (AvgIpc) is 3.39. The average molecular weight is 501 g/mol. The quantitative estimate of drug-likeness (QED) is 0.358. The van der Waals surface area contributed by atoms with Gasteiger partial charge >= 0.3 is 6.18 Å². The number of aromatic nitrogens is 5. The number of halogens is 4. The number of alkyl halides is 3. The Morgan fingerprint density at radius 1 is 1.14 bits per heavy atom. The van der Waals surface area contributed by atoms with E-state index in [1.54, 1.807) is 30.1 Å².